The molecule has 0 nitrogen and oxygen atoms in total. The summed E-state index contributed by atoms with van der Waals surface area (Å²) in [6, 6.07) is 10.4. The molecule has 0 bridgehead atoms. The lowest BCUT2D eigenvalue weighted by atomic mass is 10.1. The second kappa shape index (κ2) is 4.45. The van der Waals surface area contributed by atoms with Gasteiger partial charge in [0.1, 0.15) is 0 Å². The van der Waals surface area contributed by atoms with Gasteiger partial charge in [0.25, 0.3) is 0 Å². The maximum atomic E-state index is 4.50. The topological polar surface area (TPSA) is 0 Å². The smallest absolute Gasteiger partial charge is 0.0267 e. The Balaban J connectivity index is 2.61. The van der Waals surface area contributed by atoms with E-state index in [-0.39, 0.29) is 0 Å². The highest BCUT2D eigenvalue weighted by Gasteiger charge is 2.02. The summed E-state index contributed by atoms with van der Waals surface area (Å²) in [7, 11) is 0. The molecule has 0 N–H and O–H groups in total. The lowest BCUT2D eigenvalue weighted by Crippen LogP contribution is -1.88. The summed E-state index contributed by atoms with van der Waals surface area (Å²) in [5, 5.41) is 0.418. The van der Waals surface area contributed by atoms with E-state index in [0.29, 0.717) is 5.25 Å². The molecule has 0 amide bonds. The van der Waals surface area contributed by atoms with Gasteiger partial charge >= 0.3 is 0 Å². The predicted molar refractivity (Wildman–Crippen MR) is 53.1 cm³/mol. The van der Waals surface area contributed by atoms with Crippen molar-refractivity contribution < 1.29 is 0 Å². The van der Waals surface area contributed by atoms with Crippen molar-refractivity contribution >= 4 is 12.6 Å². The molecular formula is C10H14S. The van der Waals surface area contributed by atoms with Crippen LogP contribution in [0.25, 0.3) is 0 Å². The van der Waals surface area contributed by atoms with Crippen LogP contribution in [-0.2, 0) is 0 Å². The average molecular weight is 166 g/mol. The lowest BCUT2D eigenvalue weighted by molar-refractivity contribution is 0.783. The molecule has 0 aliphatic rings. The minimum atomic E-state index is 0.418. The highest BCUT2D eigenvalue weighted by Crippen LogP contribution is 2.23. The van der Waals surface area contributed by atoms with E-state index in [9.17, 15) is 0 Å². The van der Waals surface area contributed by atoms with Crippen LogP contribution in [0.15, 0.2) is 30.3 Å². The standard InChI is InChI=1S/C10H14S/c1-2-6-10(11)9-7-4-3-5-8-9/h3-5,7-8,10-11H,2,6H2,1H3. The molecule has 1 atom stereocenters. The van der Waals surface area contributed by atoms with E-state index in [1.54, 1.807) is 0 Å². The van der Waals surface area contributed by atoms with Gasteiger partial charge in [0.15, 0.2) is 0 Å². The molecule has 11 heavy (non-hydrogen) atoms. The minimum absolute atomic E-state index is 0.418. The lowest BCUT2D eigenvalue weighted by Gasteiger charge is -2.08. The molecule has 0 radical (unpaired) electrons. The quantitative estimate of drug-likeness (QED) is 0.653. The predicted octanol–water partition coefficient (Wildman–Crippen LogP) is 3.46. The van der Waals surface area contributed by atoms with Crippen LogP contribution >= 0.6 is 12.6 Å². The molecule has 0 aliphatic carbocycles. The molecule has 1 heteroatoms. The average Bonchev–Trinajstić information content (AvgIpc) is 2.07. The normalized spacial score (nSPS) is 12.9. The van der Waals surface area contributed by atoms with Gasteiger partial charge in [-0.3, -0.25) is 0 Å². The molecule has 0 saturated heterocycles. The summed E-state index contributed by atoms with van der Waals surface area (Å²) in [5.41, 5.74) is 1.33. The molecule has 1 aromatic rings. The van der Waals surface area contributed by atoms with Crippen molar-refractivity contribution in [2.75, 3.05) is 0 Å². The van der Waals surface area contributed by atoms with E-state index in [0.717, 1.165) is 6.42 Å². The fourth-order valence-electron chi connectivity index (χ4n) is 1.12. The molecule has 0 aliphatic heterocycles. The second-order valence-corrected chi connectivity index (χ2v) is 3.34. The van der Waals surface area contributed by atoms with Gasteiger partial charge in [-0.1, -0.05) is 43.7 Å². The largest absolute Gasteiger partial charge is 0.171 e. The highest BCUT2D eigenvalue weighted by molar-refractivity contribution is 7.80. The SMILES string of the molecule is CCCC(S)c1ccccc1. The maximum absolute atomic E-state index is 4.50. The summed E-state index contributed by atoms with van der Waals surface area (Å²) >= 11 is 4.50. The number of hydrogen-bond donors (Lipinski definition) is 1. The van der Waals surface area contributed by atoms with Crippen molar-refractivity contribution in [1.82, 2.24) is 0 Å². The second-order valence-electron chi connectivity index (χ2n) is 2.72. The minimum Gasteiger partial charge on any atom is -0.171 e. The molecule has 1 unspecified atom stereocenters. The van der Waals surface area contributed by atoms with Crippen LogP contribution in [0.3, 0.4) is 0 Å². The fraction of sp³-hybridized carbons (Fsp3) is 0.400. The molecule has 0 saturated carbocycles. The highest BCUT2D eigenvalue weighted by atomic mass is 32.1. The fourth-order valence-corrected chi connectivity index (χ4v) is 1.55. The summed E-state index contributed by atoms with van der Waals surface area (Å²) in [6.45, 7) is 2.19. The summed E-state index contributed by atoms with van der Waals surface area (Å²) < 4.78 is 0. The summed E-state index contributed by atoms with van der Waals surface area (Å²) in [5.74, 6) is 0. The Kier molecular flexibility index (Phi) is 3.50. The molecule has 0 spiro atoms. The molecular weight excluding hydrogens is 152 g/mol. The van der Waals surface area contributed by atoms with E-state index >= 15 is 0 Å². The van der Waals surface area contributed by atoms with Crippen molar-refractivity contribution in [3.05, 3.63) is 35.9 Å². The Bertz CT molecular complexity index is 193. The van der Waals surface area contributed by atoms with Crippen molar-refractivity contribution in [2.24, 2.45) is 0 Å². The van der Waals surface area contributed by atoms with E-state index in [2.05, 4.69) is 43.8 Å². The van der Waals surface area contributed by atoms with Crippen LogP contribution in [-0.4, -0.2) is 0 Å². The van der Waals surface area contributed by atoms with Crippen molar-refractivity contribution in [3.8, 4) is 0 Å². The Morgan fingerprint density at radius 2 is 1.91 bits per heavy atom. The number of rotatable bonds is 3. The Morgan fingerprint density at radius 1 is 1.27 bits per heavy atom. The molecule has 0 heterocycles. The monoisotopic (exact) mass is 166 g/mol. The molecule has 60 valence electrons. The van der Waals surface area contributed by atoms with Gasteiger partial charge in [0.2, 0.25) is 0 Å². The zero-order chi connectivity index (χ0) is 8.10. The van der Waals surface area contributed by atoms with E-state index in [1.807, 2.05) is 6.07 Å². The first-order valence-corrected chi connectivity index (χ1v) is 4.59. The first-order valence-electron chi connectivity index (χ1n) is 4.07. The van der Waals surface area contributed by atoms with Gasteiger partial charge in [-0.2, -0.15) is 12.6 Å². The number of thiol groups is 1. The van der Waals surface area contributed by atoms with Crippen molar-refractivity contribution in [2.45, 2.75) is 25.0 Å². The summed E-state index contributed by atoms with van der Waals surface area (Å²) in [4.78, 5) is 0. The first kappa shape index (κ1) is 8.66. The molecule has 0 fully saturated rings. The van der Waals surface area contributed by atoms with Gasteiger partial charge in [-0.15, -0.1) is 0 Å². The third-order valence-electron chi connectivity index (χ3n) is 1.75. The summed E-state index contributed by atoms with van der Waals surface area (Å²) in [6.07, 6.45) is 2.36. The third kappa shape index (κ3) is 2.58. The first-order chi connectivity index (χ1) is 5.34. The Morgan fingerprint density at radius 3 is 2.45 bits per heavy atom. The Labute approximate surface area is 74.0 Å². The molecule has 1 aromatic carbocycles. The zero-order valence-electron chi connectivity index (χ0n) is 6.83. The van der Waals surface area contributed by atoms with Gasteiger partial charge in [0.05, 0.1) is 0 Å². The van der Waals surface area contributed by atoms with Crippen LogP contribution in [0, 0.1) is 0 Å². The van der Waals surface area contributed by atoms with Crippen molar-refractivity contribution in [3.63, 3.8) is 0 Å². The van der Waals surface area contributed by atoms with E-state index in [1.165, 1.54) is 12.0 Å². The van der Waals surface area contributed by atoms with Gasteiger partial charge in [0, 0.05) is 5.25 Å². The van der Waals surface area contributed by atoms with Crippen molar-refractivity contribution in [1.29, 1.82) is 0 Å². The van der Waals surface area contributed by atoms with Crippen LogP contribution in [0.4, 0.5) is 0 Å². The number of benzene rings is 1. The zero-order valence-corrected chi connectivity index (χ0v) is 7.72. The maximum Gasteiger partial charge on any atom is 0.0267 e. The Hall–Kier alpha value is -0.430. The molecule has 0 aromatic heterocycles. The van der Waals surface area contributed by atoms with Gasteiger partial charge in [-0.25, -0.2) is 0 Å². The van der Waals surface area contributed by atoms with Gasteiger partial charge in [-0.05, 0) is 12.0 Å². The number of hydrogen-bond acceptors (Lipinski definition) is 1. The third-order valence-corrected chi connectivity index (χ3v) is 2.30. The van der Waals surface area contributed by atoms with E-state index in [4.69, 9.17) is 0 Å². The van der Waals surface area contributed by atoms with E-state index < -0.39 is 0 Å². The van der Waals surface area contributed by atoms with Crippen LogP contribution in [0.5, 0.6) is 0 Å². The van der Waals surface area contributed by atoms with Crippen LogP contribution in [0.1, 0.15) is 30.6 Å². The van der Waals surface area contributed by atoms with Crippen LogP contribution in [0.2, 0.25) is 0 Å². The molecule has 1 rings (SSSR count). The van der Waals surface area contributed by atoms with Crippen LogP contribution < -0.4 is 0 Å². The van der Waals surface area contributed by atoms with Gasteiger partial charge < -0.3 is 0 Å².